The smallest absolute Gasteiger partial charge is 0.404 e. The highest BCUT2D eigenvalue weighted by molar-refractivity contribution is 6.23. The van der Waals surface area contributed by atoms with Crippen LogP contribution in [0, 0.1) is 5.92 Å². The van der Waals surface area contributed by atoms with Crippen LogP contribution in [0.5, 0.6) is 0 Å². The van der Waals surface area contributed by atoms with Crippen LogP contribution >= 0.6 is 0 Å². The number of Topliss-reactive ketones (excluding diaryl/α,β-unsaturated/α-hetero) is 1. The minimum absolute atomic E-state index is 0.0213. The van der Waals surface area contributed by atoms with Crippen LogP contribution in [0.25, 0.3) is 0 Å². The maximum Gasteiger partial charge on any atom is 0.404 e. The molecule has 21 heavy (non-hydrogen) atoms. The van der Waals surface area contributed by atoms with E-state index >= 15 is 0 Å². The Morgan fingerprint density at radius 1 is 1.48 bits per heavy atom. The zero-order valence-corrected chi connectivity index (χ0v) is 11.0. The summed E-state index contributed by atoms with van der Waals surface area (Å²) in [7, 11) is 0. The van der Waals surface area contributed by atoms with E-state index in [4.69, 9.17) is 16.2 Å². The molecule has 0 spiro atoms. The molecule has 2 saturated heterocycles. The summed E-state index contributed by atoms with van der Waals surface area (Å²) in [4.78, 5) is 37.4. The third-order valence-electron chi connectivity index (χ3n) is 4.61. The second kappa shape index (κ2) is 3.85. The Morgan fingerprint density at radius 3 is 2.95 bits per heavy atom. The fourth-order valence-electron chi connectivity index (χ4n) is 3.77. The molecule has 4 atom stereocenters. The molecule has 0 radical (unpaired) electrons. The van der Waals surface area contributed by atoms with Crippen LogP contribution in [0.3, 0.4) is 0 Å². The van der Waals surface area contributed by atoms with Crippen LogP contribution in [0.15, 0.2) is 23.0 Å². The Labute approximate surface area is 119 Å². The van der Waals surface area contributed by atoms with Gasteiger partial charge in [0.15, 0.2) is 0 Å². The standard InChI is InChI=1S/C13H14N4O4/c14-5-1-7(18)11-8(12(5)19)4(3-21-13(15)20)10-9-6(16-9)2-17(10)11/h1,4,6,9-10,16H,2-3,14H2,(H2,15,20)/t4-,6+,9+,10?/m1/s1. The number of ether oxygens (including phenoxy) is 1. The number of rotatable bonds is 2. The maximum atomic E-state index is 12.3. The molecular formula is C13H14N4O4. The van der Waals surface area contributed by atoms with Gasteiger partial charge in [0.25, 0.3) is 0 Å². The molecule has 4 aliphatic rings. The van der Waals surface area contributed by atoms with Crippen LogP contribution in [0.2, 0.25) is 0 Å². The molecule has 3 aliphatic heterocycles. The van der Waals surface area contributed by atoms with Gasteiger partial charge in [-0.2, -0.15) is 0 Å². The van der Waals surface area contributed by atoms with Crippen molar-refractivity contribution >= 4 is 17.7 Å². The Morgan fingerprint density at radius 2 is 2.24 bits per heavy atom. The molecule has 8 heteroatoms. The molecule has 0 aromatic heterocycles. The van der Waals surface area contributed by atoms with Gasteiger partial charge in [-0.3, -0.25) is 9.59 Å². The molecule has 0 aromatic rings. The maximum absolute atomic E-state index is 12.3. The van der Waals surface area contributed by atoms with Gasteiger partial charge in [0.2, 0.25) is 11.6 Å². The van der Waals surface area contributed by atoms with Crippen molar-refractivity contribution < 1.29 is 19.1 Å². The summed E-state index contributed by atoms with van der Waals surface area (Å²) in [5, 5.41) is 3.30. The molecule has 3 heterocycles. The second-order valence-electron chi connectivity index (χ2n) is 5.73. The van der Waals surface area contributed by atoms with Crippen LogP contribution in [-0.2, 0) is 14.3 Å². The number of carbonyl (C=O) groups is 3. The van der Waals surface area contributed by atoms with Crippen molar-refractivity contribution in [2.24, 2.45) is 17.4 Å². The fourth-order valence-corrected chi connectivity index (χ4v) is 3.77. The average Bonchev–Trinajstić information content (AvgIpc) is 2.95. The predicted molar refractivity (Wildman–Crippen MR) is 69.5 cm³/mol. The predicted octanol–water partition coefficient (Wildman–Crippen LogP) is -2.02. The van der Waals surface area contributed by atoms with Gasteiger partial charge in [-0.05, 0) is 0 Å². The van der Waals surface area contributed by atoms with Crippen molar-refractivity contribution in [1.82, 2.24) is 10.2 Å². The van der Waals surface area contributed by atoms with E-state index in [1.807, 2.05) is 4.90 Å². The molecule has 4 rings (SSSR count). The summed E-state index contributed by atoms with van der Waals surface area (Å²) in [6, 6.07) is 0.469. The number of nitrogens with two attached hydrogens (primary N) is 2. The molecule has 0 bridgehead atoms. The number of fused-ring (bicyclic) bond motifs is 4. The highest BCUT2D eigenvalue weighted by atomic mass is 16.5. The number of piperazine rings is 1. The van der Waals surface area contributed by atoms with Crippen LogP contribution < -0.4 is 16.8 Å². The zero-order valence-electron chi connectivity index (χ0n) is 11.0. The molecule has 5 N–H and O–H groups in total. The number of hydrogen-bond donors (Lipinski definition) is 3. The summed E-state index contributed by atoms with van der Waals surface area (Å²) >= 11 is 0. The van der Waals surface area contributed by atoms with Crippen LogP contribution in [0.4, 0.5) is 4.79 Å². The van der Waals surface area contributed by atoms with Gasteiger partial charge >= 0.3 is 6.09 Å². The molecule has 0 saturated carbocycles. The van der Waals surface area contributed by atoms with Crippen molar-refractivity contribution in [3.05, 3.63) is 23.0 Å². The average molecular weight is 290 g/mol. The van der Waals surface area contributed by atoms with E-state index in [-0.39, 0.29) is 41.9 Å². The third kappa shape index (κ3) is 1.56. The van der Waals surface area contributed by atoms with Gasteiger partial charge in [0.1, 0.15) is 6.61 Å². The number of allylic oxidation sites excluding steroid dienone is 2. The second-order valence-corrected chi connectivity index (χ2v) is 5.73. The van der Waals surface area contributed by atoms with Crippen molar-refractivity contribution in [2.75, 3.05) is 13.2 Å². The summed E-state index contributed by atoms with van der Waals surface area (Å²) in [5.41, 5.74) is 11.3. The number of hydrogen-bond acceptors (Lipinski definition) is 7. The normalized spacial score (nSPS) is 36.2. The molecular weight excluding hydrogens is 276 g/mol. The molecule has 8 nitrogen and oxygen atoms in total. The number of nitrogens with one attached hydrogen (secondary N) is 1. The molecule has 110 valence electrons. The zero-order chi connectivity index (χ0) is 14.9. The first-order chi connectivity index (χ1) is 9.99. The number of amides is 1. The van der Waals surface area contributed by atoms with Gasteiger partial charge in [0, 0.05) is 36.2 Å². The Bertz CT molecular complexity index is 653. The van der Waals surface area contributed by atoms with Gasteiger partial charge in [0.05, 0.1) is 17.4 Å². The summed E-state index contributed by atoms with van der Waals surface area (Å²) in [5.74, 6) is -0.981. The summed E-state index contributed by atoms with van der Waals surface area (Å²) in [6.45, 7) is 0.653. The molecule has 1 unspecified atom stereocenters. The fraction of sp³-hybridized carbons (Fsp3) is 0.462. The first kappa shape index (κ1) is 12.4. The highest BCUT2D eigenvalue weighted by Crippen LogP contribution is 2.47. The monoisotopic (exact) mass is 290 g/mol. The lowest BCUT2D eigenvalue weighted by Crippen LogP contribution is -2.39. The number of primary amides is 1. The third-order valence-corrected chi connectivity index (χ3v) is 4.61. The van der Waals surface area contributed by atoms with Crippen molar-refractivity contribution in [2.45, 2.75) is 18.1 Å². The Hall–Kier alpha value is -2.35. The van der Waals surface area contributed by atoms with E-state index in [9.17, 15) is 14.4 Å². The molecule has 2 fully saturated rings. The van der Waals surface area contributed by atoms with E-state index in [0.29, 0.717) is 23.9 Å². The van der Waals surface area contributed by atoms with Crippen LogP contribution in [-0.4, -0.2) is 53.8 Å². The van der Waals surface area contributed by atoms with Gasteiger partial charge < -0.3 is 26.4 Å². The van der Waals surface area contributed by atoms with E-state index in [1.165, 1.54) is 6.08 Å². The van der Waals surface area contributed by atoms with Crippen molar-refractivity contribution in [1.29, 1.82) is 0 Å². The van der Waals surface area contributed by atoms with Crippen molar-refractivity contribution in [3.63, 3.8) is 0 Å². The van der Waals surface area contributed by atoms with E-state index in [1.54, 1.807) is 0 Å². The van der Waals surface area contributed by atoms with Gasteiger partial charge in [-0.15, -0.1) is 0 Å². The first-order valence-electron chi connectivity index (χ1n) is 6.74. The van der Waals surface area contributed by atoms with E-state index in [2.05, 4.69) is 5.32 Å². The molecule has 1 amide bonds. The van der Waals surface area contributed by atoms with Gasteiger partial charge in [-0.1, -0.05) is 0 Å². The number of ketones is 2. The quantitative estimate of drug-likeness (QED) is 0.394. The first-order valence-corrected chi connectivity index (χ1v) is 6.74. The topological polar surface area (TPSA) is 138 Å². The minimum Gasteiger partial charge on any atom is -0.449 e. The summed E-state index contributed by atoms with van der Waals surface area (Å²) in [6.07, 6.45) is 0.277. The lowest BCUT2D eigenvalue weighted by molar-refractivity contribution is -0.116. The Kier molecular flexibility index (Phi) is 2.27. The molecule has 0 aromatic carbocycles. The Balaban J connectivity index is 1.74. The lowest BCUT2D eigenvalue weighted by atomic mass is 9.86. The SMILES string of the molecule is NC(=O)OC[C@@H]1C2=C(C(=O)C=C(N)C2=O)N2C[C@@H]3N[C@@H]3C12. The van der Waals surface area contributed by atoms with Crippen molar-refractivity contribution in [3.8, 4) is 0 Å². The number of carbonyl (C=O) groups excluding carboxylic acids is 3. The number of nitrogens with zero attached hydrogens (tertiary/aromatic N) is 1. The lowest BCUT2D eigenvalue weighted by Gasteiger charge is -2.26. The van der Waals surface area contributed by atoms with Crippen LogP contribution in [0.1, 0.15) is 0 Å². The highest BCUT2D eigenvalue weighted by Gasteiger charge is 2.62. The van der Waals surface area contributed by atoms with E-state index in [0.717, 1.165) is 0 Å². The van der Waals surface area contributed by atoms with Gasteiger partial charge in [-0.25, -0.2) is 4.79 Å². The largest absolute Gasteiger partial charge is 0.449 e. The molecule has 1 aliphatic carbocycles. The summed E-state index contributed by atoms with van der Waals surface area (Å²) < 4.78 is 4.90. The minimum atomic E-state index is -0.896. The van der Waals surface area contributed by atoms with E-state index < -0.39 is 6.09 Å².